The molecule has 5 rings (SSSR count). The second-order valence-corrected chi connectivity index (χ2v) is 7.85. The molecule has 3 aromatic carbocycles. The molecule has 5 heteroatoms. The minimum Gasteiger partial charge on any atom is -0.478 e. The van der Waals surface area contributed by atoms with Crippen molar-refractivity contribution in [3.8, 4) is 5.75 Å². The van der Waals surface area contributed by atoms with Gasteiger partial charge in [0, 0.05) is 11.5 Å². The van der Waals surface area contributed by atoms with Gasteiger partial charge in [-0.1, -0.05) is 78.9 Å². The summed E-state index contributed by atoms with van der Waals surface area (Å²) in [5.74, 6) is -1.79. The van der Waals surface area contributed by atoms with Crippen LogP contribution in [0, 0.1) is 5.92 Å². The van der Waals surface area contributed by atoms with Crippen molar-refractivity contribution in [1.29, 1.82) is 0 Å². The summed E-state index contributed by atoms with van der Waals surface area (Å²) >= 11 is 0. The smallest absolute Gasteiger partial charge is 0.312 e. The highest BCUT2D eigenvalue weighted by molar-refractivity contribution is 5.77. The minimum atomic E-state index is -1.84. The summed E-state index contributed by atoms with van der Waals surface area (Å²) in [4.78, 5) is 12.9. The molecule has 1 saturated carbocycles. The molecule has 2 aliphatic rings. The lowest BCUT2D eigenvalue weighted by Gasteiger charge is -2.40. The zero-order chi connectivity index (χ0) is 20.9. The van der Waals surface area contributed by atoms with Crippen LogP contribution in [0.3, 0.4) is 0 Å². The van der Waals surface area contributed by atoms with E-state index in [-0.39, 0.29) is 0 Å². The van der Waals surface area contributed by atoms with Gasteiger partial charge >= 0.3 is 5.97 Å². The molecule has 1 aliphatic carbocycles. The average Bonchev–Trinajstić information content (AvgIpc) is 3.18. The van der Waals surface area contributed by atoms with Crippen molar-refractivity contribution in [1.82, 2.24) is 0 Å². The summed E-state index contributed by atoms with van der Waals surface area (Å²) in [6, 6.07) is 25.8. The zero-order valence-corrected chi connectivity index (χ0v) is 16.4. The molecule has 1 aliphatic heterocycles. The SMILES string of the molecule is COC(=O)[C@@H]1[C@@H](O)[C@]2(O)c3ccccc3O[C@]2(c2ccccc2)[C@H]1c1ccccc1. The maximum absolute atomic E-state index is 12.9. The number of esters is 1. The van der Waals surface area contributed by atoms with Crippen LogP contribution in [-0.2, 0) is 20.7 Å². The van der Waals surface area contributed by atoms with Crippen molar-refractivity contribution in [3.63, 3.8) is 0 Å². The van der Waals surface area contributed by atoms with E-state index in [0.717, 1.165) is 5.56 Å². The number of methoxy groups -OCH3 is 1. The number of hydrogen-bond acceptors (Lipinski definition) is 5. The van der Waals surface area contributed by atoms with E-state index >= 15 is 0 Å². The first kappa shape index (κ1) is 18.9. The summed E-state index contributed by atoms with van der Waals surface area (Å²) in [6.45, 7) is 0. The van der Waals surface area contributed by atoms with Crippen LogP contribution in [0.1, 0.15) is 22.6 Å². The van der Waals surface area contributed by atoms with Crippen LogP contribution in [-0.4, -0.2) is 29.4 Å². The molecule has 30 heavy (non-hydrogen) atoms. The molecule has 152 valence electrons. The number of benzene rings is 3. The van der Waals surface area contributed by atoms with Crippen LogP contribution in [0.2, 0.25) is 0 Å². The fraction of sp³-hybridized carbons (Fsp3) is 0.240. The Bertz CT molecular complexity index is 1080. The highest BCUT2D eigenvalue weighted by atomic mass is 16.5. The van der Waals surface area contributed by atoms with Gasteiger partial charge in [-0.25, -0.2) is 0 Å². The molecule has 0 spiro atoms. The quantitative estimate of drug-likeness (QED) is 0.659. The summed E-state index contributed by atoms with van der Waals surface area (Å²) < 4.78 is 11.6. The minimum absolute atomic E-state index is 0.466. The second kappa shape index (κ2) is 6.69. The highest BCUT2D eigenvalue weighted by Crippen LogP contribution is 2.68. The molecule has 0 saturated heterocycles. The number of rotatable bonds is 3. The Morgan fingerprint density at radius 1 is 0.933 bits per heavy atom. The number of para-hydroxylation sites is 1. The molecule has 5 nitrogen and oxygen atoms in total. The van der Waals surface area contributed by atoms with E-state index < -0.39 is 35.1 Å². The van der Waals surface area contributed by atoms with Gasteiger partial charge in [-0.05, 0) is 17.2 Å². The Labute approximate surface area is 174 Å². The molecule has 5 atom stereocenters. The fourth-order valence-electron chi connectivity index (χ4n) is 5.34. The molecule has 0 unspecified atom stereocenters. The van der Waals surface area contributed by atoms with Crippen molar-refractivity contribution >= 4 is 5.97 Å². The van der Waals surface area contributed by atoms with Crippen molar-refractivity contribution < 1.29 is 24.5 Å². The first-order valence-corrected chi connectivity index (χ1v) is 9.93. The van der Waals surface area contributed by atoms with E-state index in [9.17, 15) is 15.0 Å². The summed E-state index contributed by atoms with van der Waals surface area (Å²) in [5, 5.41) is 23.7. The van der Waals surface area contributed by atoms with Crippen LogP contribution in [0.4, 0.5) is 0 Å². The zero-order valence-electron chi connectivity index (χ0n) is 16.4. The van der Waals surface area contributed by atoms with E-state index in [1.54, 1.807) is 18.2 Å². The first-order valence-electron chi connectivity index (χ1n) is 9.93. The molecule has 0 amide bonds. The van der Waals surface area contributed by atoms with Crippen LogP contribution in [0.25, 0.3) is 0 Å². The van der Waals surface area contributed by atoms with E-state index in [0.29, 0.717) is 16.9 Å². The maximum Gasteiger partial charge on any atom is 0.312 e. The first-order chi connectivity index (χ1) is 14.6. The second-order valence-electron chi connectivity index (χ2n) is 7.85. The Hall–Kier alpha value is -3.15. The third-order valence-electron chi connectivity index (χ3n) is 6.53. The number of aliphatic hydroxyl groups is 2. The van der Waals surface area contributed by atoms with Gasteiger partial charge in [0.15, 0.2) is 11.2 Å². The molecular formula is C25H22O5. The molecular weight excluding hydrogens is 380 g/mol. The molecule has 2 N–H and O–H groups in total. The van der Waals surface area contributed by atoms with Crippen LogP contribution < -0.4 is 4.74 Å². The number of hydrogen-bond donors (Lipinski definition) is 2. The number of carbonyl (C=O) groups excluding carboxylic acids is 1. The molecule has 1 fully saturated rings. The van der Waals surface area contributed by atoms with Crippen molar-refractivity contribution in [2.24, 2.45) is 5.92 Å². The van der Waals surface area contributed by atoms with E-state index in [1.807, 2.05) is 66.7 Å². The van der Waals surface area contributed by atoms with Crippen LogP contribution >= 0.6 is 0 Å². The van der Waals surface area contributed by atoms with Gasteiger partial charge in [0.05, 0.1) is 13.0 Å². The standard InChI is InChI=1S/C25H22O5/c1-29-23(27)20-21(16-10-4-2-5-11-16)25(17-12-6-3-7-13-17)24(28,22(20)26)18-14-8-9-15-19(18)30-25/h2-15,20-22,26,28H,1H3/t20-,21-,22+,24+,25+/m0/s1. The van der Waals surface area contributed by atoms with Gasteiger partial charge in [0.25, 0.3) is 0 Å². The van der Waals surface area contributed by atoms with E-state index in [2.05, 4.69) is 0 Å². The number of aliphatic hydroxyl groups excluding tert-OH is 1. The molecule has 3 aromatic rings. The van der Waals surface area contributed by atoms with E-state index in [4.69, 9.17) is 9.47 Å². The topological polar surface area (TPSA) is 76.0 Å². The summed E-state index contributed by atoms with van der Waals surface area (Å²) in [6.07, 6.45) is -1.43. The van der Waals surface area contributed by atoms with Crippen LogP contribution in [0.5, 0.6) is 5.75 Å². The lowest BCUT2D eigenvalue weighted by atomic mass is 9.71. The molecule has 0 aromatic heterocycles. The largest absolute Gasteiger partial charge is 0.478 e. The van der Waals surface area contributed by atoms with Gasteiger partial charge in [-0.3, -0.25) is 4.79 Å². The monoisotopic (exact) mass is 402 g/mol. The predicted octanol–water partition coefficient (Wildman–Crippen LogP) is 3.11. The van der Waals surface area contributed by atoms with Crippen molar-refractivity contribution in [3.05, 3.63) is 102 Å². The van der Waals surface area contributed by atoms with Gasteiger partial charge < -0.3 is 19.7 Å². The lowest BCUT2D eigenvalue weighted by molar-refractivity contribution is -0.161. The number of ether oxygens (including phenoxy) is 2. The van der Waals surface area contributed by atoms with Gasteiger partial charge in [0.1, 0.15) is 11.9 Å². The third-order valence-corrected chi connectivity index (χ3v) is 6.53. The number of carbonyl (C=O) groups is 1. The molecule has 0 radical (unpaired) electrons. The van der Waals surface area contributed by atoms with E-state index in [1.165, 1.54) is 7.11 Å². The Balaban J connectivity index is 1.87. The maximum atomic E-state index is 12.9. The fourth-order valence-corrected chi connectivity index (χ4v) is 5.34. The Kier molecular flexibility index (Phi) is 4.20. The van der Waals surface area contributed by atoms with Crippen LogP contribution in [0.15, 0.2) is 84.9 Å². The Morgan fingerprint density at radius 2 is 1.53 bits per heavy atom. The highest BCUT2D eigenvalue weighted by Gasteiger charge is 2.77. The molecule has 1 heterocycles. The molecule has 0 bridgehead atoms. The van der Waals surface area contributed by atoms with Gasteiger partial charge in [0.2, 0.25) is 0 Å². The third kappa shape index (κ3) is 2.22. The average molecular weight is 402 g/mol. The van der Waals surface area contributed by atoms with Crippen molar-refractivity contribution in [2.75, 3.05) is 7.11 Å². The normalized spacial score (nSPS) is 31.5. The summed E-state index contributed by atoms with van der Waals surface area (Å²) in [5.41, 5.74) is -1.32. The predicted molar refractivity (Wildman–Crippen MR) is 110 cm³/mol. The number of fused-ring (bicyclic) bond motifs is 3. The van der Waals surface area contributed by atoms with Crippen molar-refractivity contribution in [2.45, 2.75) is 23.2 Å². The Morgan fingerprint density at radius 3 is 2.20 bits per heavy atom. The lowest BCUT2D eigenvalue weighted by Crippen LogP contribution is -2.52. The van der Waals surface area contributed by atoms with Gasteiger partial charge in [-0.2, -0.15) is 0 Å². The van der Waals surface area contributed by atoms with Gasteiger partial charge in [-0.15, -0.1) is 0 Å². The summed E-state index contributed by atoms with van der Waals surface area (Å²) in [7, 11) is 1.29.